The van der Waals surface area contributed by atoms with Gasteiger partial charge in [-0.15, -0.1) is 35.0 Å². The van der Waals surface area contributed by atoms with E-state index in [1.807, 2.05) is 35.8 Å². The fraction of sp³-hybridized carbons (Fsp3) is 0.357. The van der Waals surface area contributed by atoms with Crippen LogP contribution in [0.3, 0.4) is 0 Å². The van der Waals surface area contributed by atoms with E-state index in [9.17, 15) is 4.79 Å². The molecule has 1 aromatic carbocycles. The first-order valence-corrected chi connectivity index (χ1v) is 7.44. The highest BCUT2D eigenvalue weighted by Gasteiger charge is 2.30. The molecule has 0 saturated heterocycles. The molecule has 0 saturated carbocycles. The molecule has 0 aliphatic carbocycles. The van der Waals surface area contributed by atoms with E-state index in [1.165, 1.54) is 0 Å². The quantitative estimate of drug-likeness (QED) is 0.771. The van der Waals surface area contributed by atoms with Crippen LogP contribution in [0.4, 0.5) is 0 Å². The van der Waals surface area contributed by atoms with Gasteiger partial charge in [0.25, 0.3) is 0 Å². The lowest BCUT2D eigenvalue weighted by atomic mass is 9.92. The van der Waals surface area contributed by atoms with E-state index < -0.39 is 5.54 Å². The minimum absolute atomic E-state index is 0. The van der Waals surface area contributed by atoms with Gasteiger partial charge in [0.1, 0.15) is 11.9 Å². The summed E-state index contributed by atoms with van der Waals surface area (Å²) in [5.74, 6) is 0.452. The molecular formula is C14H20BrCl2N5O. The number of carbonyl (C=O) groups is 1. The maximum absolute atomic E-state index is 12.3. The minimum Gasteiger partial charge on any atom is -0.347 e. The number of aromatic nitrogens is 3. The van der Waals surface area contributed by atoms with Gasteiger partial charge >= 0.3 is 0 Å². The molecule has 0 fully saturated rings. The molecule has 1 amide bonds. The first-order valence-electron chi connectivity index (χ1n) is 6.65. The molecule has 0 bridgehead atoms. The zero-order valence-electron chi connectivity index (χ0n) is 12.8. The highest BCUT2D eigenvalue weighted by atomic mass is 79.9. The Morgan fingerprint density at radius 3 is 2.52 bits per heavy atom. The molecule has 6 nitrogen and oxygen atoms in total. The maximum atomic E-state index is 12.3. The van der Waals surface area contributed by atoms with E-state index in [0.717, 1.165) is 16.6 Å². The average Bonchev–Trinajstić information content (AvgIpc) is 2.92. The molecule has 1 unspecified atom stereocenters. The molecule has 1 aromatic heterocycles. The van der Waals surface area contributed by atoms with Crippen molar-refractivity contribution in [3.8, 4) is 0 Å². The van der Waals surface area contributed by atoms with Crippen molar-refractivity contribution in [1.82, 2.24) is 20.1 Å². The molecule has 2 rings (SSSR count). The van der Waals surface area contributed by atoms with Crippen molar-refractivity contribution in [2.24, 2.45) is 5.73 Å². The Morgan fingerprint density at radius 1 is 1.35 bits per heavy atom. The normalized spacial score (nSPS) is 12.5. The Bertz CT molecular complexity index is 630. The second kappa shape index (κ2) is 9.22. The van der Waals surface area contributed by atoms with Crippen molar-refractivity contribution in [3.05, 3.63) is 46.5 Å². The van der Waals surface area contributed by atoms with Gasteiger partial charge in [-0.25, -0.2) is 0 Å². The maximum Gasteiger partial charge on any atom is 0.244 e. The van der Waals surface area contributed by atoms with E-state index >= 15 is 0 Å². The molecule has 3 N–H and O–H groups in total. The summed E-state index contributed by atoms with van der Waals surface area (Å²) in [6.45, 7) is 4.74. The fourth-order valence-corrected chi connectivity index (χ4v) is 2.21. The molecule has 128 valence electrons. The van der Waals surface area contributed by atoms with Crippen LogP contribution in [0.1, 0.15) is 25.2 Å². The van der Waals surface area contributed by atoms with Crippen LogP contribution in [0.25, 0.3) is 0 Å². The van der Waals surface area contributed by atoms with Crippen LogP contribution < -0.4 is 11.1 Å². The molecule has 2 aromatic rings. The van der Waals surface area contributed by atoms with E-state index in [1.54, 1.807) is 13.3 Å². The van der Waals surface area contributed by atoms with E-state index in [4.69, 9.17) is 5.73 Å². The molecule has 23 heavy (non-hydrogen) atoms. The zero-order chi connectivity index (χ0) is 15.5. The molecule has 1 atom stereocenters. The van der Waals surface area contributed by atoms with Crippen LogP contribution in [-0.4, -0.2) is 20.7 Å². The van der Waals surface area contributed by atoms with Crippen molar-refractivity contribution >= 4 is 46.7 Å². The number of aryl methyl sites for hydroxylation is 1. The third-order valence-electron chi connectivity index (χ3n) is 3.36. The average molecular weight is 425 g/mol. The number of benzene rings is 1. The van der Waals surface area contributed by atoms with Crippen molar-refractivity contribution in [2.45, 2.75) is 32.5 Å². The topological polar surface area (TPSA) is 85.8 Å². The smallest absolute Gasteiger partial charge is 0.244 e. The predicted octanol–water partition coefficient (Wildman–Crippen LogP) is 2.39. The Hall–Kier alpha value is -1.15. The van der Waals surface area contributed by atoms with Gasteiger partial charge in [-0.05, 0) is 31.5 Å². The van der Waals surface area contributed by atoms with Crippen LogP contribution in [0.5, 0.6) is 0 Å². The largest absolute Gasteiger partial charge is 0.347 e. The lowest BCUT2D eigenvalue weighted by Gasteiger charge is -2.24. The molecule has 0 aliphatic heterocycles. The van der Waals surface area contributed by atoms with Gasteiger partial charge < -0.3 is 15.6 Å². The third-order valence-corrected chi connectivity index (χ3v) is 3.89. The molecule has 1 heterocycles. The summed E-state index contributed by atoms with van der Waals surface area (Å²) in [5.41, 5.74) is 5.82. The molecule has 0 aliphatic rings. The van der Waals surface area contributed by atoms with Crippen LogP contribution >= 0.6 is 40.7 Å². The van der Waals surface area contributed by atoms with Crippen LogP contribution in [0, 0.1) is 0 Å². The summed E-state index contributed by atoms with van der Waals surface area (Å²) in [4.78, 5) is 12.3. The van der Waals surface area contributed by atoms with Gasteiger partial charge in [0.05, 0.1) is 6.54 Å². The predicted molar refractivity (Wildman–Crippen MR) is 97.7 cm³/mol. The SMILES string of the molecule is CCn1cnnc1CNC(=O)C(C)(N)c1ccc(Br)cc1.Cl.Cl. The van der Waals surface area contributed by atoms with Crippen LogP contribution in [-0.2, 0) is 23.4 Å². The van der Waals surface area contributed by atoms with Gasteiger partial charge in [-0.1, -0.05) is 28.1 Å². The Kier molecular flexibility index (Phi) is 8.76. The Balaban J connectivity index is 0.00000242. The number of nitrogens with one attached hydrogen (secondary N) is 1. The number of hydrogen-bond donors (Lipinski definition) is 2. The minimum atomic E-state index is -1.10. The van der Waals surface area contributed by atoms with E-state index in [0.29, 0.717) is 12.4 Å². The van der Waals surface area contributed by atoms with E-state index in [-0.39, 0.29) is 30.7 Å². The highest BCUT2D eigenvalue weighted by Crippen LogP contribution is 2.20. The van der Waals surface area contributed by atoms with Gasteiger partial charge in [0, 0.05) is 11.0 Å². The number of halogens is 3. The summed E-state index contributed by atoms with van der Waals surface area (Å²) >= 11 is 3.36. The lowest BCUT2D eigenvalue weighted by Crippen LogP contribution is -2.48. The van der Waals surface area contributed by atoms with Crippen molar-refractivity contribution < 1.29 is 4.79 Å². The van der Waals surface area contributed by atoms with Gasteiger partial charge in [-0.3, -0.25) is 4.79 Å². The summed E-state index contributed by atoms with van der Waals surface area (Å²) in [7, 11) is 0. The second-order valence-corrected chi connectivity index (χ2v) is 5.84. The van der Waals surface area contributed by atoms with Crippen LogP contribution in [0.15, 0.2) is 35.1 Å². The number of nitrogens with zero attached hydrogens (tertiary/aromatic N) is 3. The number of nitrogens with two attached hydrogens (primary N) is 1. The Labute approximate surface area is 156 Å². The van der Waals surface area contributed by atoms with Crippen molar-refractivity contribution in [1.29, 1.82) is 0 Å². The first kappa shape index (κ1) is 21.9. The number of amides is 1. The highest BCUT2D eigenvalue weighted by molar-refractivity contribution is 9.10. The van der Waals surface area contributed by atoms with Crippen molar-refractivity contribution in [3.63, 3.8) is 0 Å². The number of carbonyl (C=O) groups excluding carboxylic acids is 1. The second-order valence-electron chi connectivity index (χ2n) is 4.93. The summed E-state index contributed by atoms with van der Waals surface area (Å²) in [5, 5.41) is 10.6. The van der Waals surface area contributed by atoms with E-state index in [2.05, 4.69) is 31.4 Å². The number of rotatable bonds is 5. The molecule has 0 spiro atoms. The van der Waals surface area contributed by atoms with Crippen LogP contribution in [0.2, 0.25) is 0 Å². The summed E-state index contributed by atoms with van der Waals surface area (Å²) in [6.07, 6.45) is 1.64. The third kappa shape index (κ3) is 5.17. The zero-order valence-corrected chi connectivity index (χ0v) is 16.0. The molecular weight excluding hydrogens is 405 g/mol. The first-order chi connectivity index (χ1) is 9.95. The standard InChI is InChI=1S/C14H18BrN5O.2ClH/c1-3-20-9-18-19-12(20)8-17-13(21)14(2,16)10-4-6-11(15)7-5-10;;/h4-7,9H,3,8,16H2,1-2H3,(H,17,21);2*1H. The van der Waals surface area contributed by atoms with Gasteiger partial charge in [-0.2, -0.15) is 0 Å². The molecule has 0 radical (unpaired) electrons. The Morgan fingerprint density at radius 2 is 1.96 bits per heavy atom. The summed E-state index contributed by atoms with van der Waals surface area (Å²) in [6, 6.07) is 7.39. The number of hydrogen-bond acceptors (Lipinski definition) is 4. The van der Waals surface area contributed by atoms with Crippen molar-refractivity contribution in [2.75, 3.05) is 0 Å². The lowest BCUT2D eigenvalue weighted by molar-refractivity contribution is -0.126. The fourth-order valence-electron chi connectivity index (χ4n) is 1.95. The summed E-state index contributed by atoms with van der Waals surface area (Å²) < 4.78 is 2.81. The monoisotopic (exact) mass is 423 g/mol. The molecule has 9 heteroatoms. The van der Waals surface area contributed by atoms with Gasteiger partial charge in [0.15, 0.2) is 5.82 Å². The van der Waals surface area contributed by atoms with Gasteiger partial charge in [0.2, 0.25) is 5.91 Å².